The molecule has 2 heterocycles. The Labute approximate surface area is 483 Å². The number of unbranched alkanes of at least 4 members (excludes halogenated alkanes) is 36. The second kappa shape index (κ2) is 49.8. The summed E-state index contributed by atoms with van der Waals surface area (Å²) < 4.78 is 18.3. The third-order valence-electron chi connectivity index (χ3n) is 15.3. The van der Waals surface area contributed by atoms with Crippen molar-refractivity contribution in [1.29, 1.82) is 0 Å². The topological polar surface area (TPSA) is 232 Å². The van der Waals surface area contributed by atoms with Crippen molar-refractivity contribution < 1.29 is 53.8 Å². The van der Waals surface area contributed by atoms with Crippen LogP contribution in [0, 0.1) is 0 Å². The molecule has 0 aliphatic carbocycles. The maximum atomic E-state index is 14.0. The standard InChI is InChI=1S/C62H115N5O11S/c1-4-7-10-13-16-19-22-25-28-31-34-37-40-43-55(69)63-52(61(75)64-54-46-67(66-65-54)62-60(74)59(73)58(72)53(47-68)78-62)50-79-49-51(77-57(71)45-42-39-36-33-30-27-24-21-18-15-12-9-6-3)48-76-56(70)44-41-38-35-32-29-26-23-20-17-14-11-8-5-2/h46,51-53,58-60,62,68,72-74H,4-45,47-50H2,1-3H3,(H,63,69)(H,64,75)/t51-,52-,53?,58?,59?,60?,62?/m1/s1. The first kappa shape index (κ1) is 72.3. The van der Waals surface area contributed by atoms with Crippen LogP contribution in [0.2, 0.25) is 0 Å². The number of thioether (sulfide) groups is 1. The number of hydrogen-bond acceptors (Lipinski definition) is 14. The van der Waals surface area contributed by atoms with Crippen LogP contribution in [0.25, 0.3) is 0 Å². The number of aliphatic hydroxyl groups excluding tert-OH is 4. The van der Waals surface area contributed by atoms with Crippen LogP contribution in [0.5, 0.6) is 0 Å². The lowest BCUT2D eigenvalue weighted by Crippen LogP contribution is -2.56. The molecule has 6 N–H and O–H groups in total. The summed E-state index contributed by atoms with van der Waals surface area (Å²) in [5.41, 5.74) is 0. The van der Waals surface area contributed by atoms with Crippen LogP contribution in [0.15, 0.2) is 6.20 Å². The number of nitrogens with zero attached hydrogens (tertiary/aromatic N) is 3. The van der Waals surface area contributed by atoms with Gasteiger partial charge in [0.2, 0.25) is 11.8 Å². The molecule has 0 radical (unpaired) electrons. The largest absolute Gasteiger partial charge is 0.462 e. The minimum Gasteiger partial charge on any atom is -0.462 e. The van der Waals surface area contributed by atoms with Gasteiger partial charge in [-0.15, -0.1) is 5.10 Å². The summed E-state index contributed by atoms with van der Waals surface area (Å²) in [7, 11) is 0. The SMILES string of the molecule is CCCCCCCCCCCCCCCC(=O)N[C@H](CSC[C@@H](COC(=O)CCCCCCCCCCCCCCC)OC(=O)CCCCCCCCCCCCCCC)C(=O)Nc1cn(C2OC(CO)C(O)C(O)C2O)nn1. The number of amides is 2. The molecule has 2 amide bonds. The van der Waals surface area contributed by atoms with E-state index in [1.807, 2.05) is 0 Å². The van der Waals surface area contributed by atoms with Gasteiger partial charge in [0.15, 0.2) is 12.0 Å². The van der Waals surface area contributed by atoms with Crippen molar-refractivity contribution in [1.82, 2.24) is 20.3 Å². The number of carbonyl (C=O) groups excluding carboxylic acids is 4. The lowest BCUT2D eigenvalue weighted by atomic mass is 9.98. The molecular weight excluding hydrogens is 1020 g/mol. The van der Waals surface area contributed by atoms with E-state index in [0.29, 0.717) is 19.3 Å². The number of aliphatic hydroxyl groups is 4. The number of esters is 2. The molecule has 0 aromatic carbocycles. The minimum atomic E-state index is -1.64. The van der Waals surface area contributed by atoms with Crippen molar-refractivity contribution in [3.8, 4) is 0 Å². The van der Waals surface area contributed by atoms with Gasteiger partial charge >= 0.3 is 11.9 Å². The average molecular weight is 1140 g/mol. The van der Waals surface area contributed by atoms with Crippen LogP contribution in [-0.2, 0) is 33.4 Å². The summed E-state index contributed by atoms with van der Waals surface area (Å²) in [6.07, 6.45) is 40.6. The van der Waals surface area contributed by atoms with Gasteiger partial charge in [-0.1, -0.05) is 257 Å². The molecule has 1 aliphatic heterocycles. The highest BCUT2D eigenvalue weighted by atomic mass is 32.2. The van der Waals surface area contributed by atoms with Crippen molar-refractivity contribution in [3.63, 3.8) is 0 Å². The second-order valence-electron chi connectivity index (χ2n) is 22.7. The van der Waals surface area contributed by atoms with E-state index < -0.39 is 55.3 Å². The predicted molar refractivity (Wildman–Crippen MR) is 319 cm³/mol. The number of carbonyl (C=O) groups is 4. The van der Waals surface area contributed by atoms with Crippen molar-refractivity contribution in [2.75, 3.05) is 30.0 Å². The van der Waals surface area contributed by atoms with Gasteiger partial charge in [0.1, 0.15) is 43.2 Å². The molecule has 1 aliphatic rings. The predicted octanol–water partition coefficient (Wildman–Crippen LogP) is 13.3. The summed E-state index contributed by atoms with van der Waals surface area (Å²) in [5, 5.41) is 54.5. The molecule has 0 spiro atoms. The van der Waals surface area contributed by atoms with Gasteiger partial charge in [-0.05, 0) is 19.3 Å². The Kier molecular flexibility index (Phi) is 45.5. The maximum absolute atomic E-state index is 14.0. The van der Waals surface area contributed by atoms with Crippen LogP contribution in [-0.4, -0.2) is 120 Å². The molecule has 5 unspecified atom stereocenters. The van der Waals surface area contributed by atoms with Crippen molar-refractivity contribution in [3.05, 3.63) is 6.20 Å². The van der Waals surface area contributed by atoms with Crippen LogP contribution >= 0.6 is 11.8 Å². The molecule has 1 saturated heterocycles. The van der Waals surface area contributed by atoms with E-state index in [4.69, 9.17) is 14.2 Å². The Bertz CT molecular complexity index is 1640. The lowest BCUT2D eigenvalue weighted by Gasteiger charge is -2.39. The molecule has 1 fully saturated rings. The minimum absolute atomic E-state index is 0.0296. The van der Waals surface area contributed by atoms with E-state index >= 15 is 0 Å². The van der Waals surface area contributed by atoms with E-state index in [2.05, 4.69) is 41.7 Å². The summed E-state index contributed by atoms with van der Waals surface area (Å²) >= 11 is 1.29. The highest BCUT2D eigenvalue weighted by Crippen LogP contribution is 2.28. The number of anilines is 1. The fourth-order valence-electron chi connectivity index (χ4n) is 10.2. The Morgan fingerprint density at radius 2 is 0.962 bits per heavy atom. The van der Waals surface area contributed by atoms with Crippen LogP contribution in [0.4, 0.5) is 5.82 Å². The van der Waals surface area contributed by atoms with E-state index in [9.17, 15) is 39.6 Å². The third kappa shape index (κ3) is 37.1. The molecule has 7 atom stereocenters. The van der Waals surface area contributed by atoms with Crippen LogP contribution < -0.4 is 10.6 Å². The van der Waals surface area contributed by atoms with Gasteiger partial charge in [-0.3, -0.25) is 19.2 Å². The van der Waals surface area contributed by atoms with Gasteiger partial charge in [-0.2, -0.15) is 11.8 Å². The molecule has 0 saturated carbocycles. The van der Waals surface area contributed by atoms with Crippen LogP contribution in [0.3, 0.4) is 0 Å². The Balaban J connectivity index is 2.00. The molecule has 2 rings (SSSR count). The highest BCUT2D eigenvalue weighted by Gasteiger charge is 2.45. The Morgan fingerprint density at radius 3 is 1.39 bits per heavy atom. The van der Waals surface area contributed by atoms with Crippen molar-refractivity contribution in [2.24, 2.45) is 0 Å². The quantitative estimate of drug-likeness (QED) is 0.0263. The Hall–Kier alpha value is -2.83. The third-order valence-corrected chi connectivity index (χ3v) is 16.5. The van der Waals surface area contributed by atoms with Gasteiger partial charge in [0.05, 0.1) is 12.8 Å². The summed E-state index contributed by atoms with van der Waals surface area (Å²) in [5.74, 6) is -1.29. The Morgan fingerprint density at radius 1 is 0.557 bits per heavy atom. The lowest BCUT2D eigenvalue weighted by molar-refractivity contribution is -0.254. The normalized spacial score (nSPS) is 18.1. The number of ether oxygens (including phenoxy) is 3. The zero-order valence-electron chi connectivity index (χ0n) is 50.0. The van der Waals surface area contributed by atoms with E-state index in [-0.39, 0.29) is 54.6 Å². The summed E-state index contributed by atoms with van der Waals surface area (Å²) in [6.45, 7) is 6.00. The van der Waals surface area contributed by atoms with Gasteiger partial charge < -0.3 is 45.3 Å². The first-order valence-corrected chi connectivity index (χ1v) is 33.4. The molecule has 16 nitrogen and oxygen atoms in total. The highest BCUT2D eigenvalue weighted by molar-refractivity contribution is 7.99. The molecule has 17 heteroatoms. The van der Waals surface area contributed by atoms with Gasteiger partial charge in [0.25, 0.3) is 0 Å². The molecule has 1 aromatic rings. The fraction of sp³-hybridized carbons (Fsp3) is 0.903. The number of hydrogen-bond donors (Lipinski definition) is 6. The van der Waals surface area contributed by atoms with Crippen LogP contribution in [0.1, 0.15) is 297 Å². The zero-order chi connectivity index (χ0) is 57.4. The van der Waals surface area contributed by atoms with Crippen molar-refractivity contribution in [2.45, 2.75) is 333 Å². The van der Waals surface area contributed by atoms with E-state index in [0.717, 1.165) is 62.5 Å². The average Bonchev–Trinajstić information content (AvgIpc) is 4.00. The molecule has 79 heavy (non-hydrogen) atoms. The smallest absolute Gasteiger partial charge is 0.306 e. The number of nitrogens with one attached hydrogen (secondary N) is 2. The van der Waals surface area contributed by atoms with Crippen molar-refractivity contribution >= 4 is 41.3 Å². The fourth-order valence-corrected chi connectivity index (χ4v) is 11.3. The first-order valence-electron chi connectivity index (χ1n) is 32.3. The number of rotatable bonds is 54. The zero-order valence-corrected chi connectivity index (χ0v) is 50.9. The molecular formula is C62H115N5O11S. The molecule has 1 aromatic heterocycles. The van der Waals surface area contributed by atoms with Gasteiger partial charge in [-0.25, -0.2) is 4.68 Å². The summed E-state index contributed by atoms with van der Waals surface area (Å²) in [6, 6.07) is -1.04. The second-order valence-corrected chi connectivity index (χ2v) is 23.8. The number of aromatic nitrogens is 3. The summed E-state index contributed by atoms with van der Waals surface area (Å²) in [4.78, 5) is 53.6. The molecule has 0 bridgehead atoms. The maximum Gasteiger partial charge on any atom is 0.306 e. The van der Waals surface area contributed by atoms with Gasteiger partial charge in [0, 0.05) is 30.8 Å². The monoisotopic (exact) mass is 1140 g/mol. The molecule has 460 valence electrons. The van der Waals surface area contributed by atoms with E-state index in [1.54, 1.807) is 0 Å². The van der Waals surface area contributed by atoms with E-state index in [1.165, 1.54) is 198 Å². The first-order chi connectivity index (χ1) is 38.5.